The quantitative estimate of drug-likeness (QED) is 0.583. The summed E-state index contributed by atoms with van der Waals surface area (Å²) in [4.78, 5) is 33.3. The molecule has 0 aromatic carbocycles. The Morgan fingerprint density at radius 3 is 2.63 bits per heavy atom. The van der Waals surface area contributed by atoms with E-state index < -0.39 is 0 Å². The zero-order chi connectivity index (χ0) is 19.9. The normalized spacial score (nSPS) is 11.0. The zero-order valence-corrected chi connectivity index (χ0v) is 18.9. The van der Waals surface area contributed by atoms with Gasteiger partial charge in [-0.15, -0.1) is 22.7 Å². The highest BCUT2D eigenvalue weighted by atomic mass is 79.9. The van der Waals surface area contributed by atoms with Crippen molar-refractivity contribution in [2.24, 2.45) is 7.05 Å². The predicted octanol–water partition coefficient (Wildman–Crippen LogP) is 3.93. The summed E-state index contributed by atoms with van der Waals surface area (Å²) in [5.41, 5.74) is 2.51. The van der Waals surface area contributed by atoms with E-state index in [1.807, 2.05) is 25.3 Å². The molecule has 9 heteroatoms. The Kier molecular flexibility index (Phi) is 5.64. The van der Waals surface area contributed by atoms with Gasteiger partial charge in [-0.3, -0.25) is 9.59 Å². The first-order valence-corrected chi connectivity index (χ1v) is 10.7. The Balaban J connectivity index is 1.95. The molecule has 0 aliphatic heterocycles. The van der Waals surface area contributed by atoms with Crippen LogP contribution in [0.15, 0.2) is 20.7 Å². The van der Waals surface area contributed by atoms with Gasteiger partial charge in [-0.2, -0.15) is 5.10 Å². The number of thiazole rings is 1. The predicted molar refractivity (Wildman–Crippen MR) is 113 cm³/mol. The van der Waals surface area contributed by atoms with Gasteiger partial charge in [0, 0.05) is 28.8 Å². The Morgan fingerprint density at radius 1 is 1.30 bits per heavy atom. The summed E-state index contributed by atoms with van der Waals surface area (Å²) in [5, 5.41) is 6.76. The Labute approximate surface area is 173 Å². The molecular formula is C18H19BrN4O2S2. The largest absolute Gasteiger partial charge is 0.336 e. The van der Waals surface area contributed by atoms with Crippen molar-refractivity contribution in [3.63, 3.8) is 0 Å². The van der Waals surface area contributed by atoms with Gasteiger partial charge in [-0.25, -0.2) is 9.67 Å². The van der Waals surface area contributed by atoms with Crippen LogP contribution in [0.3, 0.4) is 0 Å². The minimum atomic E-state index is -0.206. The monoisotopic (exact) mass is 466 g/mol. The van der Waals surface area contributed by atoms with Crippen molar-refractivity contribution >= 4 is 44.5 Å². The maximum Gasteiger partial charge on any atom is 0.277 e. The maximum absolute atomic E-state index is 12.9. The zero-order valence-electron chi connectivity index (χ0n) is 15.7. The average molecular weight is 467 g/mol. The number of hydrogen-bond acceptors (Lipinski definition) is 6. The van der Waals surface area contributed by atoms with Crippen LogP contribution in [0.4, 0.5) is 0 Å². The van der Waals surface area contributed by atoms with Gasteiger partial charge in [0.15, 0.2) is 0 Å². The fourth-order valence-electron chi connectivity index (χ4n) is 2.72. The van der Waals surface area contributed by atoms with E-state index >= 15 is 0 Å². The topological polar surface area (TPSA) is 68.1 Å². The van der Waals surface area contributed by atoms with Crippen LogP contribution in [0.5, 0.6) is 0 Å². The van der Waals surface area contributed by atoms with Crippen molar-refractivity contribution in [2.75, 3.05) is 7.05 Å². The number of hydrogen-bond donors (Lipinski definition) is 0. The van der Waals surface area contributed by atoms with Crippen molar-refractivity contribution in [3.05, 3.63) is 53.0 Å². The van der Waals surface area contributed by atoms with Crippen molar-refractivity contribution in [1.29, 1.82) is 0 Å². The molecule has 0 bridgehead atoms. The lowest BCUT2D eigenvalue weighted by molar-refractivity contribution is 0.0790. The summed E-state index contributed by atoms with van der Waals surface area (Å²) >= 11 is 6.29. The van der Waals surface area contributed by atoms with Crippen LogP contribution < -0.4 is 5.56 Å². The number of halogens is 1. The molecule has 0 saturated heterocycles. The third-order valence-electron chi connectivity index (χ3n) is 4.29. The fourth-order valence-corrected chi connectivity index (χ4v) is 5.38. The van der Waals surface area contributed by atoms with Crippen LogP contribution in [0.25, 0.3) is 10.6 Å². The Hall–Kier alpha value is -1.84. The van der Waals surface area contributed by atoms with Gasteiger partial charge < -0.3 is 4.90 Å². The van der Waals surface area contributed by atoms with E-state index in [2.05, 4.69) is 26.0 Å². The molecular weight excluding hydrogens is 448 g/mol. The average Bonchev–Trinajstić information content (AvgIpc) is 3.18. The molecule has 0 aliphatic rings. The molecule has 0 atom stereocenters. The minimum Gasteiger partial charge on any atom is -0.336 e. The lowest BCUT2D eigenvalue weighted by atomic mass is 10.1. The van der Waals surface area contributed by atoms with Gasteiger partial charge in [0.25, 0.3) is 11.5 Å². The second-order valence-electron chi connectivity index (χ2n) is 6.34. The van der Waals surface area contributed by atoms with Crippen molar-refractivity contribution in [2.45, 2.75) is 27.3 Å². The Morgan fingerprint density at radius 2 is 2.00 bits per heavy atom. The summed E-state index contributed by atoms with van der Waals surface area (Å²) in [5.74, 6) is -0.0963. The molecule has 0 fully saturated rings. The molecule has 0 unspecified atom stereocenters. The van der Waals surface area contributed by atoms with Gasteiger partial charge in [-0.05, 0) is 48.3 Å². The number of nitrogens with zero attached hydrogens (tertiary/aromatic N) is 4. The standard InChI is InChI=1S/C18H19BrN4O2S2/c1-9-10(2)21-23(5)17(24)14(9)16-20-11(3)15(27-16)18(25)22(4)7-13-6-12(19)8-26-13/h6,8H,7H2,1-5H3. The molecule has 1 amide bonds. The summed E-state index contributed by atoms with van der Waals surface area (Å²) < 4.78 is 2.33. The molecule has 0 spiro atoms. The van der Waals surface area contributed by atoms with E-state index in [0.717, 1.165) is 20.6 Å². The fraction of sp³-hybridized carbons (Fsp3) is 0.333. The molecule has 3 aromatic heterocycles. The first-order chi connectivity index (χ1) is 12.7. The van der Waals surface area contributed by atoms with Gasteiger partial charge >= 0.3 is 0 Å². The van der Waals surface area contributed by atoms with Crippen molar-refractivity contribution in [1.82, 2.24) is 19.7 Å². The minimum absolute atomic E-state index is 0.0963. The van der Waals surface area contributed by atoms with Crippen LogP contribution >= 0.6 is 38.6 Å². The highest BCUT2D eigenvalue weighted by Crippen LogP contribution is 2.30. The summed E-state index contributed by atoms with van der Waals surface area (Å²) in [6.07, 6.45) is 0. The molecule has 3 heterocycles. The molecule has 0 N–H and O–H groups in total. The molecule has 0 radical (unpaired) electrons. The molecule has 0 aliphatic carbocycles. The van der Waals surface area contributed by atoms with E-state index in [9.17, 15) is 9.59 Å². The van der Waals surface area contributed by atoms with Crippen LogP contribution in [-0.4, -0.2) is 32.6 Å². The molecule has 142 valence electrons. The highest BCUT2D eigenvalue weighted by Gasteiger charge is 2.23. The number of carbonyl (C=O) groups excluding carboxylic acids is 1. The number of carbonyl (C=O) groups is 1. The van der Waals surface area contributed by atoms with E-state index in [1.165, 1.54) is 16.0 Å². The maximum atomic E-state index is 12.9. The van der Waals surface area contributed by atoms with E-state index in [-0.39, 0.29) is 11.5 Å². The van der Waals surface area contributed by atoms with Gasteiger partial charge in [0.2, 0.25) is 0 Å². The molecule has 3 aromatic rings. The lowest BCUT2D eigenvalue weighted by Gasteiger charge is -2.15. The lowest BCUT2D eigenvalue weighted by Crippen LogP contribution is -2.25. The van der Waals surface area contributed by atoms with Gasteiger partial charge in [0.1, 0.15) is 9.88 Å². The Bertz CT molecular complexity index is 1080. The van der Waals surface area contributed by atoms with Crippen molar-refractivity contribution < 1.29 is 4.79 Å². The van der Waals surface area contributed by atoms with E-state index in [1.54, 1.807) is 37.3 Å². The van der Waals surface area contributed by atoms with E-state index in [0.29, 0.717) is 27.7 Å². The van der Waals surface area contributed by atoms with Crippen LogP contribution in [0.2, 0.25) is 0 Å². The third kappa shape index (κ3) is 3.90. The number of aryl methyl sites for hydroxylation is 3. The SMILES string of the molecule is Cc1nc(-c2c(C)c(C)nn(C)c2=O)sc1C(=O)N(C)Cc1cc(Br)cs1. The van der Waals surface area contributed by atoms with Crippen LogP contribution in [0.1, 0.15) is 31.5 Å². The second-order valence-corrected chi connectivity index (χ2v) is 9.25. The molecule has 3 rings (SSSR count). The van der Waals surface area contributed by atoms with Crippen LogP contribution in [0, 0.1) is 20.8 Å². The third-order valence-corrected chi connectivity index (χ3v) is 7.14. The second kappa shape index (κ2) is 7.65. The number of thiophene rings is 1. The molecule has 27 heavy (non-hydrogen) atoms. The highest BCUT2D eigenvalue weighted by molar-refractivity contribution is 9.10. The number of rotatable bonds is 4. The summed E-state index contributed by atoms with van der Waals surface area (Å²) in [6.45, 7) is 6.05. The number of aromatic nitrogens is 3. The molecule has 6 nitrogen and oxygen atoms in total. The van der Waals surface area contributed by atoms with E-state index in [4.69, 9.17) is 0 Å². The first-order valence-electron chi connectivity index (χ1n) is 8.19. The van der Waals surface area contributed by atoms with Gasteiger partial charge in [-0.1, -0.05) is 0 Å². The first kappa shape index (κ1) is 19.9. The smallest absolute Gasteiger partial charge is 0.277 e. The van der Waals surface area contributed by atoms with Crippen molar-refractivity contribution in [3.8, 4) is 10.6 Å². The number of amides is 1. The molecule has 0 saturated carbocycles. The summed E-state index contributed by atoms with van der Waals surface area (Å²) in [7, 11) is 3.40. The van der Waals surface area contributed by atoms with Gasteiger partial charge in [0.05, 0.1) is 23.5 Å². The summed E-state index contributed by atoms with van der Waals surface area (Å²) in [6, 6.07) is 2.01. The van der Waals surface area contributed by atoms with Crippen LogP contribution in [-0.2, 0) is 13.6 Å².